The van der Waals surface area contributed by atoms with E-state index in [0.29, 0.717) is 24.7 Å². The smallest absolute Gasteiger partial charge is 0.231 e. The molecule has 0 saturated carbocycles. The number of rotatable bonds is 4. The molecule has 1 atom stereocenters. The van der Waals surface area contributed by atoms with Gasteiger partial charge in [-0.2, -0.15) is 4.98 Å². The van der Waals surface area contributed by atoms with Gasteiger partial charge in [0.25, 0.3) is 0 Å². The molecule has 0 saturated heterocycles. The maximum Gasteiger partial charge on any atom is 0.231 e. The highest BCUT2D eigenvalue weighted by Crippen LogP contribution is 2.18. The van der Waals surface area contributed by atoms with Crippen LogP contribution in [0.4, 0.5) is 0 Å². The van der Waals surface area contributed by atoms with Crippen LogP contribution in [0.5, 0.6) is 0 Å². The summed E-state index contributed by atoms with van der Waals surface area (Å²) in [5, 5.41) is 6.44. The first-order valence-electron chi connectivity index (χ1n) is 6.76. The third kappa shape index (κ3) is 2.56. The van der Waals surface area contributed by atoms with E-state index < -0.39 is 0 Å². The Bertz CT molecular complexity index is 720. The average Bonchev–Trinajstić information content (AvgIpc) is 2.95. The van der Waals surface area contributed by atoms with Gasteiger partial charge in [-0.3, -0.25) is 0 Å². The van der Waals surface area contributed by atoms with E-state index in [1.54, 1.807) is 0 Å². The molecular formula is C16H17N3O. The molecule has 0 aliphatic rings. The van der Waals surface area contributed by atoms with Gasteiger partial charge in [0.2, 0.25) is 5.89 Å². The molecule has 0 bridgehead atoms. The van der Waals surface area contributed by atoms with Gasteiger partial charge >= 0.3 is 0 Å². The van der Waals surface area contributed by atoms with Crippen LogP contribution in [0.1, 0.15) is 30.1 Å². The molecule has 2 aromatic carbocycles. The van der Waals surface area contributed by atoms with E-state index in [9.17, 15) is 0 Å². The van der Waals surface area contributed by atoms with E-state index in [2.05, 4.69) is 40.5 Å². The summed E-state index contributed by atoms with van der Waals surface area (Å²) < 4.78 is 5.29. The Morgan fingerprint density at radius 1 is 1.15 bits per heavy atom. The third-order valence-electron chi connectivity index (χ3n) is 3.45. The highest BCUT2D eigenvalue weighted by Gasteiger charge is 2.12. The first-order chi connectivity index (χ1) is 9.76. The molecule has 4 nitrogen and oxygen atoms in total. The maximum atomic E-state index is 5.61. The van der Waals surface area contributed by atoms with Crippen LogP contribution in [0, 0.1) is 0 Å². The summed E-state index contributed by atoms with van der Waals surface area (Å²) in [7, 11) is 0. The number of hydrogen-bond donors (Lipinski definition) is 1. The fraction of sp³-hybridized carbons (Fsp3) is 0.250. The molecule has 1 unspecified atom stereocenters. The lowest BCUT2D eigenvalue weighted by molar-refractivity contribution is 0.376. The Hall–Kier alpha value is -2.20. The summed E-state index contributed by atoms with van der Waals surface area (Å²) in [5.41, 5.74) is 6.77. The van der Waals surface area contributed by atoms with E-state index in [-0.39, 0.29) is 5.92 Å². The number of nitrogens with two attached hydrogens (primary N) is 1. The van der Waals surface area contributed by atoms with E-state index >= 15 is 0 Å². The first-order valence-corrected chi connectivity index (χ1v) is 6.76. The van der Waals surface area contributed by atoms with Gasteiger partial charge in [-0.1, -0.05) is 54.5 Å². The fourth-order valence-corrected chi connectivity index (χ4v) is 2.17. The minimum Gasteiger partial charge on any atom is -0.339 e. The SMILES string of the molecule is CC(CN)c1noc(Cc2ccc3ccccc3c2)n1. The summed E-state index contributed by atoms with van der Waals surface area (Å²) in [4.78, 5) is 4.40. The minimum atomic E-state index is 0.129. The summed E-state index contributed by atoms with van der Waals surface area (Å²) in [6, 6.07) is 14.7. The van der Waals surface area contributed by atoms with E-state index in [1.807, 2.05) is 19.1 Å². The second-order valence-electron chi connectivity index (χ2n) is 5.04. The molecule has 0 radical (unpaired) electrons. The van der Waals surface area contributed by atoms with Crippen LogP contribution in [0.2, 0.25) is 0 Å². The molecule has 0 fully saturated rings. The number of nitrogens with zero attached hydrogens (tertiary/aromatic N) is 2. The van der Waals surface area contributed by atoms with Crippen molar-refractivity contribution in [3.63, 3.8) is 0 Å². The van der Waals surface area contributed by atoms with Crippen molar-refractivity contribution >= 4 is 10.8 Å². The molecule has 0 aliphatic carbocycles. The second kappa shape index (κ2) is 5.43. The first kappa shape index (κ1) is 12.8. The molecule has 3 aromatic rings. The van der Waals surface area contributed by atoms with Gasteiger partial charge < -0.3 is 10.3 Å². The van der Waals surface area contributed by atoms with Crippen LogP contribution < -0.4 is 5.73 Å². The number of benzene rings is 2. The number of fused-ring (bicyclic) bond motifs is 1. The quantitative estimate of drug-likeness (QED) is 0.789. The van der Waals surface area contributed by atoms with E-state index in [4.69, 9.17) is 10.3 Å². The molecule has 0 spiro atoms. The predicted molar refractivity (Wildman–Crippen MR) is 78.5 cm³/mol. The van der Waals surface area contributed by atoms with Crippen molar-refractivity contribution in [2.45, 2.75) is 19.3 Å². The van der Waals surface area contributed by atoms with Crippen molar-refractivity contribution in [1.29, 1.82) is 0 Å². The normalized spacial score (nSPS) is 12.7. The zero-order chi connectivity index (χ0) is 13.9. The zero-order valence-electron chi connectivity index (χ0n) is 11.4. The molecule has 3 rings (SSSR count). The summed E-state index contributed by atoms with van der Waals surface area (Å²) in [6.45, 7) is 2.51. The Morgan fingerprint density at radius 2 is 1.95 bits per heavy atom. The van der Waals surface area contributed by atoms with Crippen LogP contribution in [-0.2, 0) is 6.42 Å². The summed E-state index contributed by atoms with van der Waals surface area (Å²) in [5.74, 6) is 1.45. The Kier molecular flexibility index (Phi) is 3.48. The van der Waals surface area contributed by atoms with Crippen LogP contribution in [0.15, 0.2) is 47.0 Å². The van der Waals surface area contributed by atoms with Crippen molar-refractivity contribution in [3.8, 4) is 0 Å². The van der Waals surface area contributed by atoms with E-state index in [1.165, 1.54) is 16.3 Å². The third-order valence-corrected chi connectivity index (χ3v) is 3.45. The topological polar surface area (TPSA) is 64.9 Å². The average molecular weight is 267 g/mol. The standard InChI is InChI=1S/C16H17N3O/c1-11(10-17)16-18-15(20-19-16)9-12-6-7-13-4-2-3-5-14(13)8-12/h2-8,11H,9-10,17H2,1H3. The van der Waals surface area contributed by atoms with Crippen LogP contribution in [0.3, 0.4) is 0 Å². The predicted octanol–water partition coefficient (Wildman–Crippen LogP) is 2.88. The number of aromatic nitrogens is 2. The Morgan fingerprint density at radius 3 is 2.75 bits per heavy atom. The molecule has 2 N–H and O–H groups in total. The lowest BCUT2D eigenvalue weighted by Crippen LogP contribution is -2.10. The lowest BCUT2D eigenvalue weighted by Gasteiger charge is -2.01. The van der Waals surface area contributed by atoms with Crippen LogP contribution in [0.25, 0.3) is 10.8 Å². The molecular weight excluding hydrogens is 250 g/mol. The molecule has 4 heteroatoms. The van der Waals surface area contributed by atoms with Crippen molar-refractivity contribution in [1.82, 2.24) is 10.1 Å². The molecule has 1 aromatic heterocycles. The van der Waals surface area contributed by atoms with Crippen molar-refractivity contribution < 1.29 is 4.52 Å². The van der Waals surface area contributed by atoms with E-state index in [0.717, 1.165) is 0 Å². The van der Waals surface area contributed by atoms with Gasteiger partial charge in [-0.25, -0.2) is 0 Å². The minimum absolute atomic E-state index is 0.129. The van der Waals surface area contributed by atoms with Crippen LogP contribution in [-0.4, -0.2) is 16.7 Å². The van der Waals surface area contributed by atoms with Gasteiger partial charge in [0.15, 0.2) is 5.82 Å². The van der Waals surface area contributed by atoms with Gasteiger partial charge in [0.05, 0.1) is 6.42 Å². The van der Waals surface area contributed by atoms with Crippen molar-refractivity contribution in [2.24, 2.45) is 5.73 Å². The Labute approximate surface area is 117 Å². The fourth-order valence-electron chi connectivity index (χ4n) is 2.17. The monoisotopic (exact) mass is 267 g/mol. The molecule has 0 amide bonds. The Balaban J connectivity index is 1.83. The summed E-state index contributed by atoms with van der Waals surface area (Å²) in [6.07, 6.45) is 0.648. The summed E-state index contributed by atoms with van der Waals surface area (Å²) >= 11 is 0. The lowest BCUT2D eigenvalue weighted by atomic mass is 10.1. The van der Waals surface area contributed by atoms with Gasteiger partial charge in [-0.05, 0) is 16.3 Å². The molecule has 20 heavy (non-hydrogen) atoms. The largest absolute Gasteiger partial charge is 0.339 e. The molecule has 1 heterocycles. The molecule has 102 valence electrons. The molecule has 0 aliphatic heterocycles. The van der Waals surface area contributed by atoms with Crippen LogP contribution >= 0.6 is 0 Å². The number of hydrogen-bond acceptors (Lipinski definition) is 4. The zero-order valence-corrected chi connectivity index (χ0v) is 11.4. The van der Waals surface area contributed by atoms with Gasteiger partial charge in [0, 0.05) is 12.5 Å². The second-order valence-corrected chi connectivity index (χ2v) is 5.04. The van der Waals surface area contributed by atoms with Gasteiger partial charge in [-0.15, -0.1) is 0 Å². The highest BCUT2D eigenvalue weighted by molar-refractivity contribution is 5.83. The van der Waals surface area contributed by atoms with Gasteiger partial charge in [0.1, 0.15) is 0 Å². The van der Waals surface area contributed by atoms with Crippen molar-refractivity contribution in [3.05, 3.63) is 59.7 Å². The maximum absolute atomic E-state index is 5.61. The highest BCUT2D eigenvalue weighted by atomic mass is 16.5. The van der Waals surface area contributed by atoms with Crippen molar-refractivity contribution in [2.75, 3.05) is 6.54 Å².